The number of carboxylic acids is 1. The van der Waals surface area contributed by atoms with E-state index in [1.165, 1.54) is 0 Å². The van der Waals surface area contributed by atoms with Gasteiger partial charge in [-0.05, 0) is 31.6 Å². The highest BCUT2D eigenvalue weighted by molar-refractivity contribution is 5.76. The number of likely N-dealkylation sites (tertiary alicyclic amines) is 1. The van der Waals surface area contributed by atoms with Gasteiger partial charge in [0.25, 0.3) is 0 Å². The van der Waals surface area contributed by atoms with Crippen molar-refractivity contribution in [2.75, 3.05) is 13.1 Å². The molecule has 0 saturated carbocycles. The fraction of sp³-hybridized carbons (Fsp3) is 0.867. The van der Waals surface area contributed by atoms with Crippen molar-refractivity contribution in [2.24, 2.45) is 5.41 Å². The minimum atomic E-state index is -0.911. The topological polar surface area (TPSA) is 89.9 Å². The molecule has 0 aromatic carbocycles. The molecule has 0 spiro atoms. The van der Waals surface area contributed by atoms with Gasteiger partial charge >= 0.3 is 12.0 Å². The molecule has 3 N–H and O–H groups in total. The van der Waals surface area contributed by atoms with Gasteiger partial charge in [0.15, 0.2) is 0 Å². The SMILES string of the molecule is CC(C)(C)CC(CC(=O)O)NC(=O)N1CCC(C)(O)CC1. The van der Waals surface area contributed by atoms with Crippen molar-refractivity contribution in [2.45, 2.75) is 65.0 Å². The number of carbonyl (C=O) groups excluding carboxylic acids is 1. The number of amides is 2. The van der Waals surface area contributed by atoms with Crippen LogP contribution in [0.5, 0.6) is 0 Å². The van der Waals surface area contributed by atoms with Gasteiger partial charge in [-0.1, -0.05) is 20.8 Å². The molecule has 0 bridgehead atoms. The lowest BCUT2D eigenvalue weighted by Gasteiger charge is -2.37. The summed E-state index contributed by atoms with van der Waals surface area (Å²) in [5.41, 5.74) is -0.762. The van der Waals surface area contributed by atoms with E-state index in [2.05, 4.69) is 5.32 Å². The van der Waals surface area contributed by atoms with Crippen LogP contribution >= 0.6 is 0 Å². The zero-order chi connectivity index (χ0) is 16.3. The summed E-state index contributed by atoms with van der Waals surface area (Å²) < 4.78 is 0. The second-order valence-electron chi connectivity index (χ2n) is 7.49. The van der Waals surface area contributed by atoms with Crippen LogP contribution in [0.2, 0.25) is 0 Å². The zero-order valence-corrected chi connectivity index (χ0v) is 13.5. The number of aliphatic carboxylic acids is 1. The molecule has 1 rings (SSSR count). The molecular formula is C15H28N2O4. The van der Waals surface area contributed by atoms with E-state index >= 15 is 0 Å². The van der Waals surface area contributed by atoms with Gasteiger partial charge in [0, 0.05) is 19.1 Å². The third-order valence-electron chi connectivity index (χ3n) is 3.74. The molecule has 122 valence electrons. The van der Waals surface area contributed by atoms with Crippen LogP contribution in [-0.2, 0) is 4.79 Å². The minimum Gasteiger partial charge on any atom is -0.481 e. The van der Waals surface area contributed by atoms with Gasteiger partial charge in [-0.3, -0.25) is 4.79 Å². The van der Waals surface area contributed by atoms with Gasteiger partial charge in [0.2, 0.25) is 0 Å². The normalized spacial score (nSPS) is 20.0. The predicted molar refractivity (Wildman–Crippen MR) is 80.1 cm³/mol. The summed E-state index contributed by atoms with van der Waals surface area (Å²) in [5.74, 6) is -0.911. The van der Waals surface area contributed by atoms with Crippen molar-refractivity contribution in [3.8, 4) is 0 Å². The Balaban J connectivity index is 2.57. The monoisotopic (exact) mass is 300 g/mol. The van der Waals surface area contributed by atoms with Gasteiger partial charge in [0.1, 0.15) is 0 Å². The zero-order valence-electron chi connectivity index (χ0n) is 13.5. The second kappa shape index (κ2) is 6.64. The summed E-state index contributed by atoms with van der Waals surface area (Å²) in [4.78, 5) is 24.8. The number of carbonyl (C=O) groups is 2. The maximum absolute atomic E-state index is 12.2. The van der Waals surface area contributed by atoms with Gasteiger partial charge in [-0.2, -0.15) is 0 Å². The van der Waals surface area contributed by atoms with Crippen molar-refractivity contribution in [3.05, 3.63) is 0 Å². The van der Waals surface area contributed by atoms with E-state index in [0.29, 0.717) is 32.4 Å². The van der Waals surface area contributed by atoms with Crippen LogP contribution < -0.4 is 5.32 Å². The molecule has 1 unspecified atom stereocenters. The summed E-state index contributed by atoms with van der Waals surface area (Å²) in [6.07, 6.45) is 1.62. The third-order valence-corrected chi connectivity index (χ3v) is 3.74. The van der Waals surface area contributed by atoms with E-state index in [0.717, 1.165) is 0 Å². The standard InChI is InChI=1S/C15H28N2O4/c1-14(2,3)10-11(9-12(18)19)16-13(20)17-7-5-15(4,21)6-8-17/h11,21H,5-10H2,1-4H3,(H,16,20)(H,18,19). The average Bonchev–Trinajstić information content (AvgIpc) is 2.24. The highest BCUT2D eigenvalue weighted by Crippen LogP contribution is 2.24. The van der Waals surface area contributed by atoms with E-state index in [1.807, 2.05) is 20.8 Å². The summed E-state index contributed by atoms with van der Waals surface area (Å²) >= 11 is 0. The van der Waals surface area contributed by atoms with Crippen molar-refractivity contribution in [3.63, 3.8) is 0 Å². The van der Waals surface area contributed by atoms with Crippen LogP contribution in [0.4, 0.5) is 4.79 Å². The lowest BCUT2D eigenvalue weighted by atomic mass is 9.87. The fourth-order valence-electron chi connectivity index (χ4n) is 2.58. The molecule has 1 saturated heterocycles. The van der Waals surface area contributed by atoms with Crippen molar-refractivity contribution < 1.29 is 19.8 Å². The molecule has 1 heterocycles. The van der Waals surface area contributed by atoms with Gasteiger partial charge < -0.3 is 20.4 Å². The largest absolute Gasteiger partial charge is 0.481 e. The number of hydrogen-bond acceptors (Lipinski definition) is 3. The molecule has 0 aromatic heterocycles. The van der Waals surface area contributed by atoms with E-state index in [9.17, 15) is 14.7 Å². The number of carboxylic acid groups (broad SMARTS) is 1. The lowest BCUT2D eigenvalue weighted by molar-refractivity contribution is -0.137. The molecule has 1 fully saturated rings. The van der Waals surface area contributed by atoms with Crippen LogP contribution in [0.1, 0.15) is 53.4 Å². The first-order valence-electron chi connectivity index (χ1n) is 7.48. The molecule has 2 amide bonds. The first-order valence-corrected chi connectivity index (χ1v) is 7.48. The number of aliphatic hydroxyl groups is 1. The first kappa shape index (κ1) is 17.8. The Kier molecular flexibility index (Phi) is 5.61. The fourth-order valence-corrected chi connectivity index (χ4v) is 2.58. The Morgan fingerprint density at radius 2 is 1.81 bits per heavy atom. The molecule has 1 aliphatic rings. The Labute approximate surface area is 126 Å². The van der Waals surface area contributed by atoms with Gasteiger partial charge in [0.05, 0.1) is 12.0 Å². The van der Waals surface area contributed by atoms with Crippen LogP contribution in [0, 0.1) is 5.41 Å². The number of rotatable bonds is 4. The number of nitrogens with one attached hydrogen (secondary N) is 1. The number of nitrogens with zero attached hydrogens (tertiary/aromatic N) is 1. The van der Waals surface area contributed by atoms with Gasteiger partial charge in [-0.15, -0.1) is 0 Å². The molecule has 0 aliphatic carbocycles. The maximum atomic E-state index is 12.2. The van der Waals surface area contributed by atoms with Crippen LogP contribution in [0.3, 0.4) is 0 Å². The van der Waals surface area contributed by atoms with Gasteiger partial charge in [-0.25, -0.2) is 4.79 Å². The quantitative estimate of drug-likeness (QED) is 0.739. The number of piperidine rings is 1. The predicted octanol–water partition coefficient (Wildman–Crippen LogP) is 1.82. The van der Waals surface area contributed by atoms with Crippen LogP contribution in [0.15, 0.2) is 0 Å². The Morgan fingerprint density at radius 1 is 1.29 bits per heavy atom. The summed E-state index contributed by atoms with van der Waals surface area (Å²) in [6, 6.07) is -0.613. The lowest BCUT2D eigenvalue weighted by Crippen LogP contribution is -2.51. The molecular weight excluding hydrogens is 272 g/mol. The molecule has 6 heteroatoms. The second-order valence-corrected chi connectivity index (χ2v) is 7.49. The molecule has 1 aliphatic heterocycles. The Hall–Kier alpha value is -1.30. The summed E-state index contributed by atoms with van der Waals surface area (Å²) in [6.45, 7) is 8.82. The van der Waals surface area contributed by atoms with Crippen molar-refractivity contribution in [1.29, 1.82) is 0 Å². The highest BCUT2D eigenvalue weighted by Gasteiger charge is 2.31. The van der Waals surface area contributed by atoms with E-state index in [-0.39, 0.29) is 23.9 Å². The number of hydrogen-bond donors (Lipinski definition) is 3. The minimum absolute atomic E-state index is 0.0566. The van der Waals surface area contributed by atoms with Crippen molar-refractivity contribution >= 4 is 12.0 Å². The smallest absolute Gasteiger partial charge is 0.317 e. The third kappa shape index (κ3) is 6.80. The van der Waals surface area contributed by atoms with E-state index in [1.54, 1.807) is 11.8 Å². The first-order chi connectivity index (χ1) is 9.48. The summed E-state index contributed by atoms with van der Waals surface area (Å²) in [7, 11) is 0. The van der Waals surface area contributed by atoms with Crippen LogP contribution in [-0.4, -0.2) is 51.8 Å². The number of urea groups is 1. The molecule has 1 atom stereocenters. The maximum Gasteiger partial charge on any atom is 0.317 e. The molecule has 21 heavy (non-hydrogen) atoms. The van der Waals surface area contributed by atoms with E-state index in [4.69, 9.17) is 5.11 Å². The Bertz CT molecular complexity index is 378. The molecule has 0 aromatic rings. The average molecular weight is 300 g/mol. The van der Waals surface area contributed by atoms with Crippen molar-refractivity contribution in [1.82, 2.24) is 10.2 Å². The van der Waals surface area contributed by atoms with E-state index < -0.39 is 11.6 Å². The molecule has 6 nitrogen and oxygen atoms in total. The van der Waals surface area contributed by atoms with Crippen LogP contribution in [0.25, 0.3) is 0 Å². The highest BCUT2D eigenvalue weighted by atomic mass is 16.4. The summed E-state index contributed by atoms with van der Waals surface area (Å²) in [5, 5.41) is 21.7. The Morgan fingerprint density at radius 3 is 2.24 bits per heavy atom. The molecule has 0 radical (unpaired) electrons.